The fraction of sp³-hybridized carbons (Fsp3) is 0.818. The Hall–Kier alpha value is 0.570. The summed E-state index contributed by atoms with van der Waals surface area (Å²) in [6.45, 7) is 6.34. The first-order valence-corrected chi connectivity index (χ1v) is 6.21. The van der Waals surface area contributed by atoms with Gasteiger partial charge in [0, 0.05) is 5.92 Å². The molecule has 1 aliphatic rings. The predicted octanol–water partition coefficient (Wildman–Crippen LogP) is 4.10. The Bertz CT molecular complexity index is 265. The molecule has 4 heteroatoms. The molecule has 0 heterocycles. The van der Waals surface area contributed by atoms with Crippen LogP contribution < -0.4 is 0 Å². The molecular weight excluding hydrogens is 254 g/mol. The summed E-state index contributed by atoms with van der Waals surface area (Å²) >= 11 is 17.1. The number of hydrogen-bond donors (Lipinski definition) is 1. The predicted molar refractivity (Wildman–Crippen MR) is 66.6 cm³/mol. The number of aliphatic hydroxyl groups is 1. The second-order valence-corrected chi connectivity index (χ2v) is 7.38. The minimum atomic E-state index is -1.60. The molecule has 0 saturated carbocycles. The SMILES string of the molecule is CC1=CC(C)(C)CCC1C(O)C(Cl)(Cl)Cl. The topological polar surface area (TPSA) is 20.2 Å². The van der Waals surface area contributed by atoms with Crippen LogP contribution in [0.25, 0.3) is 0 Å². The lowest BCUT2D eigenvalue weighted by molar-refractivity contribution is 0.111. The highest BCUT2D eigenvalue weighted by molar-refractivity contribution is 6.68. The highest BCUT2D eigenvalue weighted by Crippen LogP contribution is 2.43. The van der Waals surface area contributed by atoms with E-state index < -0.39 is 9.90 Å². The molecule has 2 unspecified atom stereocenters. The van der Waals surface area contributed by atoms with Gasteiger partial charge in [0.15, 0.2) is 0 Å². The number of aliphatic hydroxyl groups excluding tert-OH is 1. The first-order valence-electron chi connectivity index (χ1n) is 5.07. The molecule has 1 nitrogen and oxygen atoms in total. The van der Waals surface area contributed by atoms with E-state index in [0.717, 1.165) is 18.4 Å². The van der Waals surface area contributed by atoms with Gasteiger partial charge in [-0.3, -0.25) is 0 Å². The van der Waals surface area contributed by atoms with Crippen LogP contribution in [0, 0.1) is 11.3 Å². The van der Waals surface area contributed by atoms with Gasteiger partial charge in [-0.05, 0) is 25.2 Å². The zero-order valence-corrected chi connectivity index (χ0v) is 11.5. The second kappa shape index (κ2) is 4.44. The smallest absolute Gasteiger partial charge is 0.216 e. The standard InChI is InChI=1S/C11H17Cl3O/c1-7-6-10(2,3)5-4-8(7)9(15)11(12,13)14/h6,8-9,15H,4-5H2,1-3H3. The zero-order chi connectivity index (χ0) is 11.9. The van der Waals surface area contributed by atoms with E-state index in [1.807, 2.05) is 6.92 Å². The number of alkyl halides is 3. The van der Waals surface area contributed by atoms with Crippen molar-refractivity contribution in [2.45, 2.75) is 43.5 Å². The Morgan fingerprint density at radius 2 is 2.00 bits per heavy atom. The highest BCUT2D eigenvalue weighted by Gasteiger charge is 2.40. The summed E-state index contributed by atoms with van der Waals surface area (Å²) in [4.78, 5) is 0. The maximum atomic E-state index is 9.91. The molecule has 0 bridgehead atoms. The van der Waals surface area contributed by atoms with E-state index in [9.17, 15) is 5.11 Å². The maximum absolute atomic E-state index is 9.91. The van der Waals surface area contributed by atoms with Crippen LogP contribution in [0.4, 0.5) is 0 Å². The third-order valence-corrected chi connectivity index (χ3v) is 3.69. The molecule has 0 spiro atoms. The molecule has 1 N–H and O–H groups in total. The Balaban J connectivity index is 2.83. The number of rotatable bonds is 1. The van der Waals surface area contributed by atoms with Crippen LogP contribution in [0.15, 0.2) is 11.6 Å². The van der Waals surface area contributed by atoms with E-state index in [1.165, 1.54) is 0 Å². The third-order valence-electron chi connectivity index (χ3n) is 3.02. The summed E-state index contributed by atoms with van der Waals surface area (Å²) in [5, 5.41) is 9.91. The molecule has 0 amide bonds. The van der Waals surface area contributed by atoms with Crippen molar-refractivity contribution in [3.63, 3.8) is 0 Å². The largest absolute Gasteiger partial charge is 0.388 e. The molecule has 1 aliphatic carbocycles. The molecule has 0 aliphatic heterocycles. The van der Waals surface area contributed by atoms with Gasteiger partial charge in [0.25, 0.3) is 0 Å². The molecule has 0 aromatic heterocycles. The van der Waals surface area contributed by atoms with E-state index in [-0.39, 0.29) is 11.3 Å². The van der Waals surface area contributed by atoms with Crippen LogP contribution in [0.2, 0.25) is 0 Å². The van der Waals surface area contributed by atoms with E-state index >= 15 is 0 Å². The van der Waals surface area contributed by atoms with Gasteiger partial charge < -0.3 is 5.11 Å². The minimum Gasteiger partial charge on any atom is -0.388 e. The van der Waals surface area contributed by atoms with Crippen molar-refractivity contribution in [3.8, 4) is 0 Å². The quantitative estimate of drug-likeness (QED) is 0.562. The Labute approximate surface area is 106 Å². The number of hydrogen-bond acceptors (Lipinski definition) is 1. The van der Waals surface area contributed by atoms with Crippen molar-refractivity contribution in [1.82, 2.24) is 0 Å². The molecule has 1 rings (SSSR count). The van der Waals surface area contributed by atoms with Crippen LogP contribution in [-0.2, 0) is 0 Å². The van der Waals surface area contributed by atoms with Gasteiger partial charge in [-0.15, -0.1) is 0 Å². The van der Waals surface area contributed by atoms with Gasteiger partial charge in [0.05, 0.1) is 0 Å². The molecule has 2 atom stereocenters. The summed E-state index contributed by atoms with van der Waals surface area (Å²) in [6.07, 6.45) is 3.12. The Morgan fingerprint density at radius 3 is 2.40 bits per heavy atom. The summed E-state index contributed by atoms with van der Waals surface area (Å²) in [6, 6.07) is 0. The summed E-state index contributed by atoms with van der Waals surface area (Å²) in [5.74, 6) is -0.0366. The molecule has 0 radical (unpaired) electrons. The van der Waals surface area contributed by atoms with Crippen LogP contribution in [-0.4, -0.2) is 15.0 Å². The minimum absolute atomic E-state index is 0.0366. The lowest BCUT2D eigenvalue weighted by Gasteiger charge is -2.36. The van der Waals surface area contributed by atoms with Crippen LogP contribution in [0.3, 0.4) is 0 Å². The molecular formula is C11H17Cl3O. The van der Waals surface area contributed by atoms with Crippen molar-refractivity contribution < 1.29 is 5.11 Å². The molecule has 15 heavy (non-hydrogen) atoms. The van der Waals surface area contributed by atoms with E-state index in [0.29, 0.717) is 0 Å². The maximum Gasteiger partial charge on any atom is 0.216 e. The van der Waals surface area contributed by atoms with Gasteiger partial charge in [-0.25, -0.2) is 0 Å². The first-order chi connectivity index (χ1) is 6.63. The van der Waals surface area contributed by atoms with Crippen molar-refractivity contribution in [1.29, 1.82) is 0 Å². The Kier molecular flexibility index (Phi) is 4.04. The fourth-order valence-electron chi connectivity index (χ4n) is 2.19. The molecule has 0 aromatic rings. The molecule has 88 valence electrons. The highest BCUT2D eigenvalue weighted by atomic mass is 35.6. The van der Waals surface area contributed by atoms with Gasteiger partial charge in [0.2, 0.25) is 3.79 Å². The third kappa shape index (κ3) is 3.52. The summed E-state index contributed by atoms with van der Waals surface area (Å²) in [7, 11) is 0. The van der Waals surface area contributed by atoms with Crippen molar-refractivity contribution >= 4 is 34.8 Å². The number of halogens is 3. The van der Waals surface area contributed by atoms with Crippen molar-refractivity contribution in [3.05, 3.63) is 11.6 Å². The van der Waals surface area contributed by atoms with Gasteiger partial charge in [0.1, 0.15) is 6.10 Å². The van der Waals surface area contributed by atoms with E-state index in [2.05, 4.69) is 19.9 Å². The molecule has 0 fully saturated rings. The van der Waals surface area contributed by atoms with E-state index in [1.54, 1.807) is 0 Å². The molecule has 0 aromatic carbocycles. The average Bonchev–Trinajstić information content (AvgIpc) is 1.99. The fourth-order valence-corrected chi connectivity index (χ4v) is 2.64. The number of allylic oxidation sites excluding steroid dienone is 1. The van der Waals surface area contributed by atoms with Crippen LogP contribution in [0.5, 0.6) is 0 Å². The normalized spacial score (nSPS) is 28.5. The van der Waals surface area contributed by atoms with Gasteiger partial charge in [-0.2, -0.15) is 0 Å². The average molecular weight is 272 g/mol. The second-order valence-electron chi connectivity index (χ2n) is 5.01. The lowest BCUT2D eigenvalue weighted by atomic mass is 9.73. The van der Waals surface area contributed by atoms with Crippen LogP contribution in [0.1, 0.15) is 33.6 Å². The van der Waals surface area contributed by atoms with Gasteiger partial charge in [-0.1, -0.05) is 60.3 Å². The van der Waals surface area contributed by atoms with Gasteiger partial charge >= 0.3 is 0 Å². The van der Waals surface area contributed by atoms with Crippen LogP contribution >= 0.6 is 34.8 Å². The Morgan fingerprint density at radius 1 is 1.47 bits per heavy atom. The molecule has 0 saturated heterocycles. The zero-order valence-electron chi connectivity index (χ0n) is 9.23. The van der Waals surface area contributed by atoms with Crippen molar-refractivity contribution in [2.75, 3.05) is 0 Å². The summed E-state index contributed by atoms with van der Waals surface area (Å²) in [5.41, 5.74) is 1.30. The summed E-state index contributed by atoms with van der Waals surface area (Å²) < 4.78 is -1.60. The monoisotopic (exact) mass is 270 g/mol. The lowest BCUT2D eigenvalue weighted by Crippen LogP contribution is -2.36. The van der Waals surface area contributed by atoms with E-state index in [4.69, 9.17) is 34.8 Å². The first kappa shape index (κ1) is 13.6. The van der Waals surface area contributed by atoms with Crippen molar-refractivity contribution in [2.24, 2.45) is 11.3 Å².